The van der Waals surface area contributed by atoms with Crippen molar-refractivity contribution in [3.8, 4) is 0 Å². The van der Waals surface area contributed by atoms with Crippen molar-refractivity contribution in [2.75, 3.05) is 0 Å². The maximum atomic E-state index is 12.0. The second kappa shape index (κ2) is 5.08. The number of amides is 1. The van der Waals surface area contributed by atoms with E-state index < -0.39 is 0 Å². The third-order valence-corrected chi connectivity index (χ3v) is 3.30. The number of hydrogen-bond donors (Lipinski definition) is 1. The van der Waals surface area contributed by atoms with Crippen LogP contribution in [0.1, 0.15) is 27.3 Å². The number of benzene rings is 1. The first-order chi connectivity index (χ1) is 8.59. The van der Waals surface area contributed by atoms with E-state index in [4.69, 9.17) is 0 Å². The zero-order valence-corrected chi connectivity index (χ0v) is 11.0. The summed E-state index contributed by atoms with van der Waals surface area (Å²) in [7, 11) is 2.00. The number of rotatable bonds is 3. The molecule has 3 nitrogen and oxygen atoms in total. The van der Waals surface area contributed by atoms with Crippen molar-refractivity contribution >= 4 is 5.91 Å². The summed E-state index contributed by atoms with van der Waals surface area (Å²) in [6, 6.07) is 11.7. The predicted octanol–water partition coefficient (Wildman–Crippen LogP) is 2.57. The van der Waals surface area contributed by atoms with Gasteiger partial charge in [0, 0.05) is 24.0 Å². The van der Waals surface area contributed by atoms with Crippen LogP contribution in [0.25, 0.3) is 0 Å². The number of carbonyl (C=O) groups excluding carboxylic acids is 1. The first kappa shape index (κ1) is 12.4. The topological polar surface area (TPSA) is 34.0 Å². The number of nitrogens with zero attached hydrogens (tertiary/aromatic N) is 1. The molecule has 0 spiro atoms. The molecule has 1 aromatic heterocycles. The molecule has 1 amide bonds. The molecule has 0 saturated carbocycles. The van der Waals surface area contributed by atoms with E-state index in [0.717, 1.165) is 16.8 Å². The van der Waals surface area contributed by atoms with Gasteiger partial charge in [-0.2, -0.15) is 0 Å². The Balaban J connectivity index is 2.05. The molecule has 0 bridgehead atoms. The average molecular weight is 242 g/mol. The minimum absolute atomic E-state index is 0.0213. The van der Waals surface area contributed by atoms with Crippen LogP contribution in [0.3, 0.4) is 0 Å². The van der Waals surface area contributed by atoms with Gasteiger partial charge in [0.1, 0.15) is 0 Å². The van der Waals surface area contributed by atoms with E-state index in [1.165, 1.54) is 5.69 Å². The van der Waals surface area contributed by atoms with E-state index in [0.29, 0.717) is 6.54 Å². The van der Waals surface area contributed by atoms with Crippen LogP contribution in [0.15, 0.2) is 36.4 Å². The third-order valence-electron chi connectivity index (χ3n) is 3.30. The molecule has 1 heterocycles. The van der Waals surface area contributed by atoms with Gasteiger partial charge in [-0.3, -0.25) is 4.79 Å². The fourth-order valence-electron chi connectivity index (χ4n) is 1.94. The summed E-state index contributed by atoms with van der Waals surface area (Å²) in [6.45, 7) is 4.55. The van der Waals surface area contributed by atoms with Crippen LogP contribution in [0, 0.1) is 13.8 Å². The van der Waals surface area contributed by atoms with Crippen molar-refractivity contribution in [2.45, 2.75) is 20.4 Å². The molecule has 0 aliphatic rings. The van der Waals surface area contributed by atoms with E-state index in [-0.39, 0.29) is 5.91 Å². The summed E-state index contributed by atoms with van der Waals surface area (Å²) >= 11 is 0. The Hall–Kier alpha value is -2.03. The zero-order chi connectivity index (χ0) is 13.1. The minimum atomic E-state index is -0.0213. The van der Waals surface area contributed by atoms with Crippen molar-refractivity contribution in [1.82, 2.24) is 9.88 Å². The van der Waals surface area contributed by atoms with Gasteiger partial charge in [0.05, 0.1) is 6.54 Å². The molecule has 94 valence electrons. The van der Waals surface area contributed by atoms with Gasteiger partial charge in [0.2, 0.25) is 0 Å². The molecule has 0 aliphatic heterocycles. The van der Waals surface area contributed by atoms with Crippen LogP contribution in [-0.2, 0) is 13.6 Å². The molecule has 1 aromatic carbocycles. The molecule has 0 aliphatic carbocycles. The maximum absolute atomic E-state index is 12.0. The first-order valence-corrected chi connectivity index (χ1v) is 6.04. The summed E-state index contributed by atoms with van der Waals surface area (Å²) in [5.74, 6) is -0.0213. The summed E-state index contributed by atoms with van der Waals surface area (Å²) < 4.78 is 2.08. The highest BCUT2D eigenvalue weighted by atomic mass is 16.1. The summed E-state index contributed by atoms with van der Waals surface area (Å²) in [5, 5.41) is 2.95. The van der Waals surface area contributed by atoms with Gasteiger partial charge >= 0.3 is 0 Å². The van der Waals surface area contributed by atoms with Gasteiger partial charge in [-0.25, -0.2) is 0 Å². The standard InChI is InChI=1S/C15H18N2O/c1-11-6-4-5-7-14(11)15(18)16-10-13-9-8-12(2)17(13)3/h4-9H,10H2,1-3H3,(H,16,18). The number of nitrogens with one attached hydrogen (secondary N) is 1. The van der Waals surface area contributed by atoms with Crippen molar-refractivity contribution in [3.63, 3.8) is 0 Å². The molecule has 1 N–H and O–H groups in total. The van der Waals surface area contributed by atoms with E-state index in [1.807, 2.05) is 51.2 Å². The maximum Gasteiger partial charge on any atom is 0.251 e. The lowest BCUT2D eigenvalue weighted by Crippen LogP contribution is -2.24. The molecule has 0 unspecified atom stereocenters. The zero-order valence-electron chi connectivity index (χ0n) is 11.0. The van der Waals surface area contributed by atoms with Crippen molar-refractivity contribution < 1.29 is 4.79 Å². The van der Waals surface area contributed by atoms with E-state index >= 15 is 0 Å². The van der Waals surface area contributed by atoms with Gasteiger partial charge in [-0.1, -0.05) is 18.2 Å². The largest absolute Gasteiger partial charge is 0.350 e. The number of carbonyl (C=O) groups is 1. The molecule has 0 saturated heterocycles. The van der Waals surface area contributed by atoms with Crippen LogP contribution >= 0.6 is 0 Å². The summed E-state index contributed by atoms with van der Waals surface area (Å²) in [4.78, 5) is 12.0. The Bertz CT molecular complexity index is 570. The first-order valence-electron chi connectivity index (χ1n) is 6.04. The lowest BCUT2D eigenvalue weighted by Gasteiger charge is -2.09. The second-order valence-corrected chi connectivity index (χ2v) is 4.52. The fourth-order valence-corrected chi connectivity index (χ4v) is 1.94. The van der Waals surface area contributed by atoms with Gasteiger partial charge in [-0.05, 0) is 37.6 Å². The van der Waals surface area contributed by atoms with Gasteiger partial charge in [-0.15, -0.1) is 0 Å². The van der Waals surface area contributed by atoms with Crippen LogP contribution in [0.2, 0.25) is 0 Å². The molecule has 0 atom stereocenters. The quantitative estimate of drug-likeness (QED) is 0.882. The van der Waals surface area contributed by atoms with Crippen molar-refractivity contribution in [2.24, 2.45) is 7.05 Å². The Kier molecular flexibility index (Phi) is 3.51. The lowest BCUT2D eigenvalue weighted by atomic mass is 10.1. The highest BCUT2D eigenvalue weighted by Gasteiger charge is 2.08. The third kappa shape index (κ3) is 2.45. The Morgan fingerprint density at radius 3 is 2.50 bits per heavy atom. The molecule has 0 radical (unpaired) electrons. The predicted molar refractivity (Wildman–Crippen MR) is 72.5 cm³/mol. The molecule has 2 aromatic rings. The number of aromatic nitrogens is 1. The van der Waals surface area contributed by atoms with Gasteiger partial charge < -0.3 is 9.88 Å². The lowest BCUT2D eigenvalue weighted by molar-refractivity contribution is 0.0949. The summed E-state index contributed by atoms with van der Waals surface area (Å²) in [5.41, 5.74) is 4.03. The Morgan fingerprint density at radius 1 is 1.17 bits per heavy atom. The minimum Gasteiger partial charge on any atom is -0.350 e. The smallest absolute Gasteiger partial charge is 0.251 e. The van der Waals surface area contributed by atoms with Crippen LogP contribution in [-0.4, -0.2) is 10.5 Å². The molecule has 18 heavy (non-hydrogen) atoms. The Labute approximate surface area is 107 Å². The van der Waals surface area contributed by atoms with Crippen molar-refractivity contribution in [3.05, 3.63) is 58.9 Å². The van der Waals surface area contributed by atoms with Gasteiger partial charge in [0.15, 0.2) is 0 Å². The molecule has 3 heteroatoms. The van der Waals surface area contributed by atoms with Crippen LogP contribution < -0.4 is 5.32 Å². The highest BCUT2D eigenvalue weighted by Crippen LogP contribution is 2.08. The SMILES string of the molecule is Cc1ccccc1C(=O)NCc1ccc(C)n1C. The molecule has 2 rings (SSSR count). The number of aryl methyl sites for hydroxylation is 2. The van der Waals surface area contributed by atoms with Crippen LogP contribution in [0.4, 0.5) is 0 Å². The number of hydrogen-bond acceptors (Lipinski definition) is 1. The van der Waals surface area contributed by atoms with E-state index in [1.54, 1.807) is 0 Å². The second-order valence-electron chi connectivity index (χ2n) is 4.52. The Morgan fingerprint density at radius 2 is 1.89 bits per heavy atom. The fraction of sp³-hybridized carbons (Fsp3) is 0.267. The monoisotopic (exact) mass is 242 g/mol. The normalized spacial score (nSPS) is 10.4. The van der Waals surface area contributed by atoms with E-state index in [2.05, 4.69) is 16.0 Å². The van der Waals surface area contributed by atoms with Gasteiger partial charge in [0.25, 0.3) is 5.91 Å². The molecular formula is C15H18N2O. The van der Waals surface area contributed by atoms with Crippen molar-refractivity contribution in [1.29, 1.82) is 0 Å². The van der Waals surface area contributed by atoms with Crippen LogP contribution in [0.5, 0.6) is 0 Å². The molecular weight excluding hydrogens is 224 g/mol. The summed E-state index contributed by atoms with van der Waals surface area (Å²) in [6.07, 6.45) is 0. The van der Waals surface area contributed by atoms with E-state index in [9.17, 15) is 4.79 Å². The average Bonchev–Trinajstić information content (AvgIpc) is 2.68. The highest BCUT2D eigenvalue weighted by molar-refractivity contribution is 5.95. The molecule has 0 fully saturated rings.